The van der Waals surface area contributed by atoms with Crippen LogP contribution in [0.25, 0.3) is 0 Å². The van der Waals surface area contributed by atoms with Crippen LogP contribution in [0.2, 0.25) is 0 Å². The van der Waals surface area contributed by atoms with Crippen LogP contribution in [0.3, 0.4) is 0 Å². The van der Waals surface area contributed by atoms with E-state index in [0.29, 0.717) is 0 Å². The molecule has 0 unspecified atom stereocenters. The molecule has 0 spiro atoms. The number of rotatable bonds is 5. The van der Waals surface area contributed by atoms with Crippen molar-refractivity contribution in [2.24, 2.45) is 5.73 Å². The van der Waals surface area contributed by atoms with E-state index in [9.17, 15) is 0 Å². The van der Waals surface area contributed by atoms with Gasteiger partial charge in [0.05, 0.1) is 5.03 Å². The van der Waals surface area contributed by atoms with Gasteiger partial charge in [0.2, 0.25) is 0 Å². The first-order valence-corrected chi connectivity index (χ1v) is 6.07. The molecule has 3 nitrogen and oxygen atoms in total. The molecule has 0 aliphatic carbocycles. The zero-order valence-electron chi connectivity index (χ0n) is 9.60. The molecular weight excluding hydrogens is 206 g/mol. The van der Waals surface area contributed by atoms with E-state index in [2.05, 4.69) is 30.0 Å². The summed E-state index contributed by atoms with van der Waals surface area (Å²) in [6.07, 6.45) is 1.83. The van der Waals surface area contributed by atoms with Gasteiger partial charge < -0.3 is 10.6 Å². The maximum Gasteiger partial charge on any atom is 0.0963 e. The molecule has 1 heterocycles. The second kappa shape index (κ2) is 6.10. The molecule has 2 N–H and O–H groups in total. The Balaban J connectivity index is 2.50. The predicted molar refractivity (Wildman–Crippen MR) is 66.1 cm³/mol. The average Bonchev–Trinajstić information content (AvgIpc) is 2.17. The fourth-order valence-corrected chi connectivity index (χ4v) is 2.14. The highest BCUT2D eigenvalue weighted by Gasteiger charge is 2.02. The quantitative estimate of drug-likeness (QED) is 0.775. The molecule has 84 valence electrons. The Hall–Kier alpha value is -0.580. The highest BCUT2D eigenvalue weighted by atomic mass is 32.2. The SMILES string of the molecule is C[C@H](N)c1ccnc(SCCN(C)C)c1. The van der Waals surface area contributed by atoms with Crippen LogP contribution in [0.5, 0.6) is 0 Å². The normalized spacial score (nSPS) is 13.1. The molecule has 0 aliphatic heterocycles. The van der Waals surface area contributed by atoms with Gasteiger partial charge in [0, 0.05) is 24.5 Å². The lowest BCUT2D eigenvalue weighted by molar-refractivity contribution is 0.437. The number of aromatic nitrogens is 1. The number of nitrogens with zero attached hydrogens (tertiary/aromatic N) is 2. The third kappa shape index (κ3) is 4.64. The van der Waals surface area contributed by atoms with Crippen LogP contribution >= 0.6 is 11.8 Å². The highest BCUT2D eigenvalue weighted by molar-refractivity contribution is 7.99. The minimum Gasteiger partial charge on any atom is -0.324 e. The fourth-order valence-electron chi connectivity index (χ4n) is 1.12. The molecular formula is C11H19N3S. The summed E-state index contributed by atoms with van der Waals surface area (Å²) in [5.41, 5.74) is 6.96. The van der Waals surface area contributed by atoms with Crippen LogP contribution in [-0.2, 0) is 0 Å². The van der Waals surface area contributed by atoms with Crippen molar-refractivity contribution in [3.63, 3.8) is 0 Å². The third-order valence-electron chi connectivity index (χ3n) is 2.07. The first-order chi connectivity index (χ1) is 7.09. The molecule has 0 radical (unpaired) electrons. The van der Waals surface area contributed by atoms with Crippen molar-refractivity contribution in [1.82, 2.24) is 9.88 Å². The van der Waals surface area contributed by atoms with E-state index in [1.54, 1.807) is 11.8 Å². The van der Waals surface area contributed by atoms with Crippen LogP contribution < -0.4 is 5.73 Å². The van der Waals surface area contributed by atoms with Gasteiger partial charge in [-0.05, 0) is 38.7 Å². The number of pyridine rings is 1. The maximum atomic E-state index is 5.81. The van der Waals surface area contributed by atoms with Gasteiger partial charge in [-0.25, -0.2) is 4.98 Å². The van der Waals surface area contributed by atoms with Crippen LogP contribution in [0.1, 0.15) is 18.5 Å². The van der Waals surface area contributed by atoms with Gasteiger partial charge in [-0.3, -0.25) is 0 Å². The van der Waals surface area contributed by atoms with E-state index < -0.39 is 0 Å². The van der Waals surface area contributed by atoms with Crippen molar-refractivity contribution in [2.75, 3.05) is 26.4 Å². The maximum absolute atomic E-state index is 5.81. The predicted octanol–water partition coefficient (Wildman–Crippen LogP) is 1.76. The van der Waals surface area contributed by atoms with Crippen molar-refractivity contribution >= 4 is 11.8 Å². The van der Waals surface area contributed by atoms with E-state index in [-0.39, 0.29) is 6.04 Å². The number of hydrogen-bond donors (Lipinski definition) is 1. The lowest BCUT2D eigenvalue weighted by Crippen LogP contribution is -2.14. The number of thioether (sulfide) groups is 1. The first-order valence-electron chi connectivity index (χ1n) is 5.08. The van der Waals surface area contributed by atoms with Crippen molar-refractivity contribution in [3.05, 3.63) is 23.9 Å². The van der Waals surface area contributed by atoms with E-state index in [1.807, 2.05) is 19.2 Å². The van der Waals surface area contributed by atoms with Crippen LogP contribution in [0, 0.1) is 0 Å². The Morgan fingerprint density at radius 1 is 1.53 bits per heavy atom. The molecule has 4 heteroatoms. The van der Waals surface area contributed by atoms with Crippen molar-refractivity contribution in [2.45, 2.75) is 18.0 Å². The Morgan fingerprint density at radius 3 is 2.87 bits per heavy atom. The summed E-state index contributed by atoms with van der Waals surface area (Å²) in [7, 11) is 4.15. The number of nitrogens with two attached hydrogens (primary N) is 1. The Kier molecular flexibility index (Phi) is 5.08. The second-order valence-electron chi connectivity index (χ2n) is 3.87. The Bertz CT molecular complexity index is 300. The van der Waals surface area contributed by atoms with Gasteiger partial charge in [-0.15, -0.1) is 11.8 Å². The monoisotopic (exact) mass is 225 g/mol. The summed E-state index contributed by atoms with van der Waals surface area (Å²) < 4.78 is 0. The summed E-state index contributed by atoms with van der Waals surface area (Å²) in [6, 6.07) is 4.13. The van der Waals surface area contributed by atoms with Gasteiger partial charge in [-0.2, -0.15) is 0 Å². The van der Waals surface area contributed by atoms with Crippen molar-refractivity contribution in [1.29, 1.82) is 0 Å². The molecule has 0 fully saturated rings. The minimum absolute atomic E-state index is 0.0844. The zero-order chi connectivity index (χ0) is 11.3. The van der Waals surface area contributed by atoms with Gasteiger partial charge in [0.25, 0.3) is 0 Å². The van der Waals surface area contributed by atoms with E-state index >= 15 is 0 Å². The largest absolute Gasteiger partial charge is 0.324 e. The topological polar surface area (TPSA) is 42.1 Å². The molecule has 15 heavy (non-hydrogen) atoms. The molecule has 0 bridgehead atoms. The molecule has 0 aromatic carbocycles. The Morgan fingerprint density at radius 2 is 2.27 bits per heavy atom. The summed E-state index contributed by atoms with van der Waals surface area (Å²) >= 11 is 1.77. The van der Waals surface area contributed by atoms with Crippen molar-refractivity contribution < 1.29 is 0 Å². The van der Waals surface area contributed by atoms with Crippen LogP contribution in [-0.4, -0.2) is 36.3 Å². The molecule has 1 aromatic heterocycles. The van der Waals surface area contributed by atoms with Crippen LogP contribution in [0.15, 0.2) is 23.4 Å². The van der Waals surface area contributed by atoms with Gasteiger partial charge >= 0.3 is 0 Å². The third-order valence-corrected chi connectivity index (χ3v) is 2.98. The van der Waals surface area contributed by atoms with Gasteiger partial charge in [-0.1, -0.05) is 0 Å². The van der Waals surface area contributed by atoms with Gasteiger partial charge in [0.1, 0.15) is 0 Å². The second-order valence-corrected chi connectivity index (χ2v) is 4.98. The summed E-state index contributed by atoms with van der Waals surface area (Å²) in [4.78, 5) is 6.48. The fraction of sp³-hybridized carbons (Fsp3) is 0.545. The molecule has 0 aliphatic rings. The lowest BCUT2D eigenvalue weighted by atomic mass is 10.1. The first kappa shape index (κ1) is 12.5. The molecule has 1 aromatic rings. The molecule has 0 saturated heterocycles. The van der Waals surface area contributed by atoms with E-state index in [0.717, 1.165) is 22.9 Å². The van der Waals surface area contributed by atoms with Gasteiger partial charge in [0.15, 0.2) is 0 Å². The lowest BCUT2D eigenvalue weighted by Gasteiger charge is -2.09. The highest BCUT2D eigenvalue weighted by Crippen LogP contribution is 2.18. The smallest absolute Gasteiger partial charge is 0.0963 e. The Labute approximate surface area is 96.1 Å². The summed E-state index contributed by atoms with van der Waals surface area (Å²) in [5, 5.41) is 1.06. The molecule has 0 saturated carbocycles. The summed E-state index contributed by atoms with van der Waals surface area (Å²) in [5.74, 6) is 1.06. The van der Waals surface area contributed by atoms with E-state index in [4.69, 9.17) is 5.73 Å². The standard InChI is InChI=1S/C11H19N3S/c1-9(12)10-4-5-13-11(8-10)15-7-6-14(2)3/h4-5,8-9H,6-7,12H2,1-3H3/t9-/m0/s1. The molecule has 0 amide bonds. The zero-order valence-corrected chi connectivity index (χ0v) is 10.4. The summed E-state index contributed by atoms with van der Waals surface area (Å²) in [6.45, 7) is 3.05. The average molecular weight is 225 g/mol. The van der Waals surface area contributed by atoms with E-state index in [1.165, 1.54) is 0 Å². The minimum atomic E-state index is 0.0844. The molecule has 1 atom stereocenters. The van der Waals surface area contributed by atoms with Crippen molar-refractivity contribution in [3.8, 4) is 0 Å². The van der Waals surface area contributed by atoms with Crippen LogP contribution in [0.4, 0.5) is 0 Å². The number of hydrogen-bond acceptors (Lipinski definition) is 4. The molecule has 1 rings (SSSR count).